The van der Waals surface area contributed by atoms with E-state index in [1.165, 1.54) is 24.3 Å². The maximum absolute atomic E-state index is 13.2. The van der Waals surface area contributed by atoms with E-state index < -0.39 is 24.2 Å². The van der Waals surface area contributed by atoms with Gasteiger partial charge in [0.2, 0.25) is 0 Å². The minimum Gasteiger partial charge on any atom is -0.454 e. The number of esters is 1. The molecule has 3 aromatic carbocycles. The van der Waals surface area contributed by atoms with E-state index in [-0.39, 0.29) is 17.0 Å². The number of ketones is 1. The van der Waals surface area contributed by atoms with E-state index in [0.29, 0.717) is 11.3 Å². The number of amides is 1. The topological polar surface area (TPSA) is 72.5 Å². The molecule has 0 aliphatic heterocycles. The Labute approximate surface area is 160 Å². The number of Topliss-reactive ketones (excluding diaryl/α,β-unsaturated/α-hetero) is 1. The Bertz CT molecular complexity index is 1020. The Hall–Kier alpha value is -3.80. The standard InChI is InChI=1S/C22H16FNO4/c23-18-10-4-9-17(12-18)22(27)28-14-20(25)16-8-5-11-19(13-16)24-21(26)15-6-2-1-3-7-15/h1-13H,14H2,(H,24,26). The van der Waals surface area contributed by atoms with Crippen molar-refractivity contribution in [1.29, 1.82) is 0 Å². The molecule has 1 N–H and O–H groups in total. The fourth-order valence-corrected chi connectivity index (χ4v) is 2.48. The van der Waals surface area contributed by atoms with Crippen LogP contribution in [0.3, 0.4) is 0 Å². The Morgan fingerprint density at radius 3 is 2.21 bits per heavy atom. The van der Waals surface area contributed by atoms with Crippen LogP contribution < -0.4 is 5.32 Å². The zero-order valence-corrected chi connectivity index (χ0v) is 14.7. The Kier molecular flexibility index (Phi) is 5.91. The van der Waals surface area contributed by atoms with Crippen molar-refractivity contribution in [2.24, 2.45) is 0 Å². The van der Waals surface area contributed by atoms with E-state index in [1.807, 2.05) is 0 Å². The second-order valence-corrected chi connectivity index (χ2v) is 5.91. The molecular formula is C22H16FNO4. The van der Waals surface area contributed by atoms with E-state index >= 15 is 0 Å². The highest BCUT2D eigenvalue weighted by Crippen LogP contribution is 2.14. The molecule has 3 rings (SSSR count). The molecule has 5 nitrogen and oxygen atoms in total. The summed E-state index contributed by atoms with van der Waals surface area (Å²) >= 11 is 0. The van der Waals surface area contributed by atoms with E-state index in [9.17, 15) is 18.8 Å². The fourth-order valence-electron chi connectivity index (χ4n) is 2.48. The highest BCUT2D eigenvalue weighted by molar-refractivity contribution is 6.05. The summed E-state index contributed by atoms with van der Waals surface area (Å²) in [4.78, 5) is 36.4. The number of carbonyl (C=O) groups is 3. The van der Waals surface area contributed by atoms with Crippen LogP contribution in [0.25, 0.3) is 0 Å². The second-order valence-electron chi connectivity index (χ2n) is 5.91. The van der Waals surface area contributed by atoms with Gasteiger partial charge in [-0.3, -0.25) is 9.59 Å². The maximum atomic E-state index is 13.2. The SMILES string of the molecule is O=C(COC(=O)c1cccc(F)c1)c1cccc(NC(=O)c2ccccc2)c1. The Balaban J connectivity index is 1.62. The third-order valence-corrected chi connectivity index (χ3v) is 3.87. The molecule has 1 amide bonds. The molecule has 0 fully saturated rings. The first-order valence-corrected chi connectivity index (χ1v) is 8.45. The zero-order chi connectivity index (χ0) is 19.9. The number of benzene rings is 3. The number of halogens is 1. The Morgan fingerprint density at radius 2 is 1.46 bits per heavy atom. The van der Waals surface area contributed by atoms with Crippen molar-refractivity contribution in [3.05, 3.63) is 101 Å². The van der Waals surface area contributed by atoms with Crippen LogP contribution in [0.1, 0.15) is 31.1 Å². The van der Waals surface area contributed by atoms with Gasteiger partial charge in [0.1, 0.15) is 5.82 Å². The number of nitrogens with one attached hydrogen (secondary N) is 1. The molecule has 0 radical (unpaired) electrons. The number of rotatable bonds is 6. The first kappa shape index (κ1) is 19.0. The van der Waals surface area contributed by atoms with Crippen LogP contribution in [0, 0.1) is 5.82 Å². The molecule has 0 aromatic heterocycles. The smallest absolute Gasteiger partial charge is 0.338 e. The molecule has 0 saturated heterocycles. The first-order valence-electron chi connectivity index (χ1n) is 8.45. The minimum absolute atomic E-state index is 0.0247. The lowest BCUT2D eigenvalue weighted by atomic mass is 10.1. The van der Waals surface area contributed by atoms with Crippen molar-refractivity contribution >= 4 is 23.3 Å². The van der Waals surface area contributed by atoms with Gasteiger partial charge in [0, 0.05) is 16.8 Å². The van der Waals surface area contributed by atoms with Crippen molar-refractivity contribution in [1.82, 2.24) is 0 Å². The first-order chi connectivity index (χ1) is 13.5. The molecule has 0 aliphatic rings. The highest BCUT2D eigenvalue weighted by Gasteiger charge is 2.13. The summed E-state index contributed by atoms with van der Waals surface area (Å²) in [7, 11) is 0. The van der Waals surface area contributed by atoms with Crippen molar-refractivity contribution in [3.8, 4) is 0 Å². The summed E-state index contributed by atoms with van der Waals surface area (Å²) < 4.78 is 18.1. The van der Waals surface area contributed by atoms with Gasteiger partial charge in [-0.25, -0.2) is 9.18 Å². The van der Waals surface area contributed by atoms with E-state index in [0.717, 1.165) is 6.07 Å². The van der Waals surface area contributed by atoms with E-state index in [1.54, 1.807) is 48.5 Å². The number of carbonyl (C=O) groups excluding carboxylic acids is 3. The average molecular weight is 377 g/mol. The van der Waals surface area contributed by atoms with Crippen molar-refractivity contribution in [2.75, 3.05) is 11.9 Å². The fraction of sp³-hybridized carbons (Fsp3) is 0.0455. The van der Waals surface area contributed by atoms with Gasteiger partial charge < -0.3 is 10.1 Å². The predicted molar refractivity (Wildman–Crippen MR) is 102 cm³/mol. The van der Waals surface area contributed by atoms with Gasteiger partial charge >= 0.3 is 5.97 Å². The molecule has 28 heavy (non-hydrogen) atoms. The van der Waals surface area contributed by atoms with Crippen molar-refractivity contribution in [2.45, 2.75) is 0 Å². The molecule has 3 aromatic rings. The Morgan fingerprint density at radius 1 is 0.786 bits per heavy atom. The molecule has 140 valence electrons. The number of ether oxygens (including phenoxy) is 1. The number of anilines is 1. The summed E-state index contributed by atoms with van der Waals surface area (Å²) in [6.07, 6.45) is 0. The van der Waals surface area contributed by atoms with E-state index in [4.69, 9.17) is 4.74 Å². The van der Waals surface area contributed by atoms with Crippen LogP contribution in [0.4, 0.5) is 10.1 Å². The molecule has 0 saturated carbocycles. The molecule has 0 heterocycles. The van der Waals surface area contributed by atoms with E-state index in [2.05, 4.69) is 5.32 Å². The van der Waals surface area contributed by atoms with Crippen LogP contribution in [-0.2, 0) is 4.74 Å². The minimum atomic E-state index is -0.790. The summed E-state index contributed by atoms with van der Waals surface area (Å²) in [5.41, 5.74) is 1.23. The monoisotopic (exact) mass is 377 g/mol. The predicted octanol–water partition coefficient (Wildman–Crippen LogP) is 4.12. The summed E-state index contributed by atoms with van der Waals surface area (Å²) in [5, 5.41) is 2.71. The molecule has 0 atom stereocenters. The number of hydrogen-bond donors (Lipinski definition) is 1. The quantitative estimate of drug-likeness (QED) is 0.518. The third kappa shape index (κ3) is 4.88. The zero-order valence-electron chi connectivity index (χ0n) is 14.7. The van der Waals surface area contributed by atoms with Gasteiger partial charge in [0.15, 0.2) is 12.4 Å². The van der Waals surface area contributed by atoms with Gasteiger partial charge in [-0.1, -0.05) is 36.4 Å². The van der Waals surface area contributed by atoms with Gasteiger partial charge in [-0.15, -0.1) is 0 Å². The lowest BCUT2D eigenvalue weighted by molar-refractivity contribution is 0.0474. The van der Waals surface area contributed by atoms with Gasteiger partial charge in [0.05, 0.1) is 5.56 Å². The average Bonchev–Trinajstić information content (AvgIpc) is 2.72. The lowest BCUT2D eigenvalue weighted by Crippen LogP contribution is -2.15. The van der Waals surface area contributed by atoms with Crippen molar-refractivity contribution < 1.29 is 23.5 Å². The number of hydrogen-bond acceptors (Lipinski definition) is 4. The molecular weight excluding hydrogens is 361 g/mol. The van der Waals surface area contributed by atoms with Gasteiger partial charge in [-0.2, -0.15) is 0 Å². The third-order valence-electron chi connectivity index (χ3n) is 3.87. The van der Waals surface area contributed by atoms with Crippen LogP contribution in [0.15, 0.2) is 78.9 Å². The summed E-state index contributed by atoms with van der Waals surface area (Å²) in [5.74, 6) is -2.10. The molecule has 0 bridgehead atoms. The normalized spacial score (nSPS) is 10.2. The van der Waals surface area contributed by atoms with Crippen LogP contribution >= 0.6 is 0 Å². The molecule has 0 aliphatic carbocycles. The molecule has 0 spiro atoms. The molecule has 6 heteroatoms. The van der Waals surface area contributed by atoms with Crippen LogP contribution in [0.5, 0.6) is 0 Å². The largest absolute Gasteiger partial charge is 0.454 e. The van der Waals surface area contributed by atoms with Crippen molar-refractivity contribution in [3.63, 3.8) is 0 Å². The molecule has 0 unspecified atom stereocenters. The van der Waals surface area contributed by atoms with Crippen LogP contribution in [0.2, 0.25) is 0 Å². The van der Waals surface area contributed by atoms with Crippen LogP contribution in [-0.4, -0.2) is 24.3 Å². The van der Waals surface area contributed by atoms with Gasteiger partial charge in [-0.05, 0) is 42.5 Å². The summed E-state index contributed by atoms with van der Waals surface area (Å²) in [6.45, 7) is -0.495. The van der Waals surface area contributed by atoms with Gasteiger partial charge in [0.25, 0.3) is 5.91 Å². The highest BCUT2D eigenvalue weighted by atomic mass is 19.1. The lowest BCUT2D eigenvalue weighted by Gasteiger charge is -2.08. The second kappa shape index (κ2) is 8.73. The maximum Gasteiger partial charge on any atom is 0.338 e. The summed E-state index contributed by atoms with van der Waals surface area (Å²) in [6, 6.07) is 20.0.